The zero-order valence-corrected chi connectivity index (χ0v) is 20.8. The molecule has 3 aromatic rings. The van der Waals surface area contributed by atoms with E-state index in [4.69, 9.17) is 23.7 Å². The van der Waals surface area contributed by atoms with E-state index in [0.717, 1.165) is 11.1 Å². The number of nitrogens with zero attached hydrogens (tertiary/aromatic N) is 1. The zero-order chi connectivity index (χ0) is 25.7. The van der Waals surface area contributed by atoms with Gasteiger partial charge in [-0.2, -0.15) is 0 Å². The number of hydrogen-bond donors (Lipinski definition) is 0. The van der Waals surface area contributed by atoms with Gasteiger partial charge in [-0.25, -0.2) is 4.79 Å². The number of para-hydroxylation sites is 1. The number of amides is 1. The van der Waals surface area contributed by atoms with Crippen LogP contribution in [0.15, 0.2) is 60.7 Å². The van der Waals surface area contributed by atoms with Gasteiger partial charge in [-0.1, -0.05) is 12.1 Å². The fraction of sp³-hybridized carbons (Fsp3) is 0.286. The number of esters is 1. The largest absolute Gasteiger partial charge is 0.496 e. The van der Waals surface area contributed by atoms with E-state index in [1.165, 1.54) is 7.11 Å². The lowest BCUT2D eigenvalue weighted by atomic mass is 9.91. The Labute approximate surface area is 210 Å². The lowest BCUT2D eigenvalue weighted by molar-refractivity contribution is 0.0580. The van der Waals surface area contributed by atoms with Gasteiger partial charge in [0.05, 0.1) is 45.6 Å². The van der Waals surface area contributed by atoms with Crippen molar-refractivity contribution in [2.24, 2.45) is 0 Å². The Bertz CT molecular complexity index is 1240. The molecule has 1 atom stereocenters. The SMILES string of the molecule is COC(=O)c1ccc(OC[C@@H]2c3cc(OC)c(OC)cc3CCN2C(=O)c2ccccc2OC)cc1. The van der Waals surface area contributed by atoms with Gasteiger partial charge in [-0.3, -0.25) is 4.79 Å². The molecule has 4 rings (SSSR count). The van der Waals surface area contributed by atoms with Crippen molar-refractivity contribution in [1.82, 2.24) is 4.90 Å². The first-order valence-electron chi connectivity index (χ1n) is 11.5. The second-order valence-corrected chi connectivity index (χ2v) is 8.20. The lowest BCUT2D eigenvalue weighted by Crippen LogP contribution is -2.42. The molecule has 0 aliphatic carbocycles. The van der Waals surface area contributed by atoms with Crippen LogP contribution in [0.4, 0.5) is 0 Å². The normalized spacial score (nSPS) is 14.4. The summed E-state index contributed by atoms with van der Waals surface area (Å²) in [5, 5.41) is 0. The maximum Gasteiger partial charge on any atom is 0.337 e. The van der Waals surface area contributed by atoms with Crippen molar-refractivity contribution < 1.29 is 33.3 Å². The van der Waals surface area contributed by atoms with Crippen LogP contribution in [0, 0.1) is 0 Å². The van der Waals surface area contributed by atoms with E-state index in [2.05, 4.69) is 0 Å². The summed E-state index contributed by atoms with van der Waals surface area (Å²) in [6.45, 7) is 0.690. The summed E-state index contributed by atoms with van der Waals surface area (Å²) < 4.78 is 27.4. The molecule has 188 valence electrons. The van der Waals surface area contributed by atoms with Crippen LogP contribution in [-0.4, -0.2) is 58.4 Å². The number of methoxy groups -OCH3 is 4. The third kappa shape index (κ3) is 4.93. The second-order valence-electron chi connectivity index (χ2n) is 8.20. The minimum Gasteiger partial charge on any atom is -0.496 e. The molecule has 1 heterocycles. The van der Waals surface area contributed by atoms with Crippen molar-refractivity contribution >= 4 is 11.9 Å². The molecule has 0 saturated carbocycles. The topological polar surface area (TPSA) is 83.5 Å². The predicted molar refractivity (Wildman–Crippen MR) is 133 cm³/mol. The van der Waals surface area contributed by atoms with Crippen molar-refractivity contribution in [3.8, 4) is 23.0 Å². The molecule has 0 aromatic heterocycles. The molecular weight excluding hydrogens is 462 g/mol. The Kier molecular flexibility index (Phi) is 7.63. The first-order chi connectivity index (χ1) is 17.5. The molecule has 0 fully saturated rings. The third-order valence-electron chi connectivity index (χ3n) is 6.28. The van der Waals surface area contributed by atoms with Gasteiger partial charge in [-0.05, 0) is 66.1 Å². The first kappa shape index (κ1) is 24.9. The van der Waals surface area contributed by atoms with Crippen LogP contribution in [0.2, 0.25) is 0 Å². The second kappa shape index (κ2) is 11.0. The molecule has 0 N–H and O–H groups in total. The number of carbonyl (C=O) groups is 2. The molecule has 8 heteroatoms. The fourth-order valence-electron chi connectivity index (χ4n) is 4.41. The van der Waals surface area contributed by atoms with E-state index >= 15 is 0 Å². The molecule has 0 spiro atoms. The lowest BCUT2D eigenvalue weighted by Gasteiger charge is -2.38. The Balaban J connectivity index is 1.68. The van der Waals surface area contributed by atoms with Crippen molar-refractivity contribution in [3.63, 3.8) is 0 Å². The van der Waals surface area contributed by atoms with E-state index < -0.39 is 12.0 Å². The van der Waals surface area contributed by atoms with Crippen LogP contribution in [0.1, 0.15) is 37.9 Å². The average Bonchev–Trinajstić information content (AvgIpc) is 2.94. The highest BCUT2D eigenvalue weighted by Crippen LogP contribution is 2.39. The summed E-state index contributed by atoms with van der Waals surface area (Å²) in [6.07, 6.45) is 0.654. The zero-order valence-electron chi connectivity index (χ0n) is 20.8. The predicted octanol–water partition coefficient (Wildman–Crippen LogP) is 4.32. The van der Waals surface area contributed by atoms with Crippen LogP contribution in [0.25, 0.3) is 0 Å². The first-order valence-corrected chi connectivity index (χ1v) is 11.5. The van der Waals surface area contributed by atoms with Crippen LogP contribution in [-0.2, 0) is 11.2 Å². The van der Waals surface area contributed by atoms with E-state index in [1.807, 2.05) is 24.3 Å². The number of rotatable bonds is 8. The molecule has 1 aliphatic heterocycles. The van der Waals surface area contributed by atoms with Crippen molar-refractivity contribution in [1.29, 1.82) is 0 Å². The number of ether oxygens (including phenoxy) is 5. The summed E-state index contributed by atoms with van der Waals surface area (Å²) in [7, 11) is 6.07. The van der Waals surface area contributed by atoms with Gasteiger partial charge >= 0.3 is 5.97 Å². The molecule has 1 amide bonds. The molecular formula is C28H29NO7. The van der Waals surface area contributed by atoms with Crippen molar-refractivity contribution in [2.45, 2.75) is 12.5 Å². The van der Waals surface area contributed by atoms with Gasteiger partial charge < -0.3 is 28.6 Å². The van der Waals surface area contributed by atoms with E-state index in [0.29, 0.717) is 47.1 Å². The Morgan fingerprint density at radius 1 is 0.861 bits per heavy atom. The number of fused-ring (bicyclic) bond motifs is 1. The van der Waals surface area contributed by atoms with Crippen molar-refractivity contribution in [3.05, 3.63) is 82.9 Å². The number of carbonyl (C=O) groups excluding carboxylic acids is 2. The highest BCUT2D eigenvalue weighted by atomic mass is 16.5. The highest BCUT2D eigenvalue weighted by molar-refractivity contribution is 5.97. The van der Waals surface area contributed by atoms with E-state index in [1.54, 1.807) is 62.6 Å². The summed E-state index contributed by atoms with van der Waals surface area (Å²) in [6, 6.07) is 17.3. The number of benzene rings is 3. The molecule has 3 aromatic carbocycles. The van der Waals surface area contributed by atoms with Crippen LogP contribution >= 0.6 is 0 Å². The Morgan fingerprint density at radius 2 is 1.53 bits per heavy atom. The van der Waals surface area contributed by atoms with Gasteiger partial charge in [0, 0.05) is 6.54 Å². The van der Waals surface area contributed by atoms with E-state index in [-0.39, 0.29) is 12.5 Å². The third-order valence-corrected chi connectivity index (χ3v) is 6.28. The van der Waals surface area contributed by atoms with Crippen LogP contribution in [0.3, 0.4) is 0 Å². The summed E-state index contributed by atoms with van der Waals surface area (Å²) in [5.41, 5.74) is 2.90. The molecule has 0 radical (unpaired) electrons. The molecule has 36 heavy (non-hydrogen) atoms. The smallest absolute Gasteiger partial charge is 0.337 e. The minimum atomic E-state index is -0.419. The van der Waals surface area contributed by atoms with Gasteiger partial charge in [0.15, 0.2) is 11.5 Å². The number of hydrogen-bond acceptors (Lipinski definition) is 7. The van der Waals surface area contributed by atoms with Gasteiger partial charge in [-0.15, -0.1) is 0 Å². The maximum absolute atomic E-state index is 13.7. The molecule has 1 aliphatic rings. The monoisotopic (exact) mass is 491 g/mol. The maximum atomic E-state index is 13.7. The summed E-state index contributed by atoms with van der Waals surface area (Å²) in [5.74, 6) is 1.73. The molecule has 0 saturated heterocycles. The van der Waals surface area contributed by atoms with Gasteiger partial charge in [0.2, 0.25) is 0 Å². The molecule has 0 unspecified atom stereocenters. The minimum absolute atomic E-state index is 0.150. The summed E-state index contributed by atoms with van der Waals surface area (Å²) >= 11 is 0. The quantitative estimate of drug-likeness (QED) is 0.434. The van der Waals surface area contributed by atoms with E-state index in [9.17, 15) is 9.59 Å². The Hall–Kier alpha value is -4.20. The molecule has 0 bridgehead atoms. The van der Waals surface area contributed by atoms with Crippen LogP contribution in [0.5, 0.6) is 23.0 Å². The fourth-order valence-corrected chi connectivity index (χ4v) is 4.41. The average molecular weight is 492 g/mol. The van der Waals surface area contributed by atoms with Crippen molar-refractivity contribution in [2.75, 3.05) is 41.6 Å². The van der Waals surface area contributed by atoms with Gasteiger partial charge in [0.1, 0.15) is 18.1 Å². The van der Waals surface area contributed by atoms with Crippen LogP contribution < -0.4 is 18.9 Å². The molecule has 8 nitrogen and oxygen atoms in total. The Morgan fingerprint density at radius 3 is 2.19 bits per heavy atom. The standard InChI is InChI=1S/C28H29NO7/c1-32-24-8-6-5-7-21(24)27(30)29-14-13-19-15-25(33-2)26(34-3)16-22(19)23(29)17-36-20-11-9-18(10-12-20)28(31)35-4/h5-12,15-16,23H,13-14,17H2,1-4H3/t23-/m1/s1. The van der Waals surface area contributed by atoms with Gasteiger partial charge in [0.25, 0.3) is 5.91 Å². The summed E-state index contributed by atoms with van der Waals surface area (Å²) in [4.78, 5) is 27.3. The highest BCUT2D eigenvalue weighted by Gasteiger charge is 2.34.